The van der Waals surface area contributed by atoms with Gasteiger partial charge < -0.3 is 4.42 Å². The Bertz CT molecular complexity index is 1020. The van der Waals surface area contributed by atoms with Crippen LogP contribution in [0.15, 0.2) is 76.5 Å². The Balaban J connectivity index is 1.70. The third-order valence-electron chi connectivity index (χ3n) is 3.76. The number of furan rings is 1. The van der Waals surface area contributed by atoms with Crippen LogP contribution in [-0.2, 0) is 5.75 Å². The van der Waals surface area contributed by atoms with E-state index in [4.69, 9.17) is 27.6 Å². The molecule has 0 aliphatic carbocycles. The summed E-state index contributed by atoms with van der Waals surface area (Å²) < 4.78 is 7.50. The van der Waals surface area contributed by atoms with E-state index < -0.39 is 0 Å². The molecule has 0 atom stereocenters. The summed E-state index contributed by atoms with van der Waals surface area (Å²) in [5.41, 5.74) is 1.96. The molecule has 0 unspecified atom stereocenters. The van der Waals surface area contributed by atoms with Crippen LogP contribution in [0.4, 0.5) is 0 Å². The zero-order chi connectivity index (χ0) is 17.9. The van der Waals surface area contributed by atoms with Crippen molar-refractivity contribution in [2.45, 2.75) is 10.9 Å². The van der Waals surface area contributed by atoms with Crippen molar-refractivity contribution in [3.8, 4) is 17.3 Å². The Labute approximate surface area is 164 Å². The fourth-order valence-corrected chi connectivity index (χ4v) is 4.03. The monoisotopic (exact) mass is 401 g/mol. The lowest BCUT2D eigenvalue weighted by Gasteiger charge is -2.09. The Kier molecular flexibility index (Phi) is 5.02. The van der Waals surface area contributed by atoms with Crippen molar-refractivity contribution < 1.29 is 4.42 Å². The number of para-hydroxylation sites is 1. The first kappa shape index (κ1) is 17.2. The van der Waals surface area contributed by atoms with E-state index in [0.717, 1.165) is 16.4 Å². The topological polar surface area (TPSA) is 43.9 Å². The average Bonchev–Trinajstić information content (AvgIpc) is 3.31. The van der Waals surface area contributed by atoms with Crippen LogP contribution in [0.5, 0.6) is 0 Å². The molecular formula is C19H13Cl2N3OS. The van der Waals surface area contributed by atoms with E-state index in [9.17, 15) is 0 Å². The Morgan fingerprint density at radius 1 is 0.962 bits per heavy atom. The van der Waals surface area contributed by atoms with E-state index in [1.165, 1.54) is 0 Å². The van der Waals surface area contributed by atoms with Gasteiger partial charge in [-0.3, -0.25) is 4.57 Å². The first-order valence-corrected chi connectivity index (χ1v) is 9.58. The molecule has 0 spiro atoms. The summed E-state index contributed by atoms with van der Waals surface area (Å²) in [7, 11) is 0. The predicted octanol–water partition coefficient (Wildman–Crippen LogP) is 6.13. The molecule has 4 rings (SSSR count). The highest BCUT2D eigenvalue weighted by molar-refractivity contribution is 7.98. The second kappa shape index (κ2) is 7.58. The van der Waals surface area contributed by atoms with Gasteiger partial charge in [-0.25, -0.2) is 0 Å². The highest BCUT2D eigenvalue weighted by Gasteiger charge is 2.18. The van der Waals surface area contributed by atoms with Gasteiger partial charge in [-0.1, -0.05) is 59.2 Å². The van der Waals surface area contributed by atoms with Crippen molar-refractivity contribution in [3.05, 3.63) is 82.5 Å². The molecule has 0 aliphatic rings. The van der Waals surface area contributed by atoms with Gasteiger partial charge in [0.1, 0.15) is 0 Å². The van der Waals surface area contributed by atoms with Gasteiger partial charge in [0.15, 0.2) is 10.9 Å². The Morgan fingerprint density at radius 3 is 2.54 bits per heavy atom. The van der Waals surface area contributed by atoms with Crippen molar-refractivity contribution in [2.75, 3.05) is 0 Å². The van der Waals surface area contributed by atoms with E-state index in [1.807, 2.05) is 59.2 Å². The minimum Gasteiger partial charge on any atom is -0.461 e. The molecular weight excluding hydrogens is 389 g/mol. The maximum atomic E-state index is 6.28. The first-order chi connectivity index (χ1) is 12.7. The molecule has 130 valence electrons. The molecule has 0 radical (unpaired) electrons. The Hall–Kier alpha value is -2.21. The number of aromatic nitrogens is 3. The Morgan fingerprint density at radius 2 is 1.81 bits per heavy atom. The maximum Gasteiger partial charge on any atom is 0.205 e. The fraction of sp³-hybridized carbons (Fsp3) is 0.0526. The molecule has 0 saturated heterocycles. The number of halogens is 2. The van der Waals surface area contributed by atoms with Gasteiger partial charge in [0.05, 0.1) is 6.26 Å². The second-order valence-electron chi connectivity index (χ2n) is 5.48. The van der Waals surface area contributed by atoms with Crippen molar-refractivity contribution in [3.63, 3.8) is 0 Å². The van der Waals surface area contributed by atoms with Crippen LogP contribution in [0.3, 0.4) is 0 Å². The number of hydrogen-bond acceptors (Lipinski definition) is 4. The molecule has 2 aromatic carbocycles. The van der Waals surface area contributed by atoms with Gasteiger partial charge >= 0.3 is 0 Å². The molecule has 26 heavy (non-hydrogen) atoms. The molecule has 7 heteroatoms. The van der Waals surface area contributed by atoms with Gasteiger partial charge in [-0.2, -0.15) is 0 Å². The van der Waals surface area contributed by atoms with Gasteiger partial charge in [0, 0.05) is 21.5 Å². The normalized spacial score (nSPS) is 11.0. The molecule has 4 aromatic rings. The lowest BCUT2D eigenvalue weighted by Crippen LogP contribution is -1.99. The standard InChI is InChI=1S/C19H13Cl2N3OS/c20-14-9-8-13(16(21)11-14)12-26-19-23-22-18(17-7-4-10-25-17)24(19)15-5-2-1-3-6-15/h1-11H,12H2. The molecule has 0 N–H and O–H groups in total. The van der Waals surface area contributed by atoms with Crippen LogP contribution in [0.1, 0.15) is 5.56 Å². The highest BCUT2D eigenvalue weighted by atomic mass is 35.5. The smallest absolute Gasteiger partial charge is 0.205 e. The molecule has 2 aromatic heterocycles. The van der Waals surface area contributed by atoms with Crippen molar-refractivity contribution in [1.82, 2.24) is 14.8 Å². The molecule has 0 bridgehead atoms. The minimum atomic E-state index is 0.622. The number of hydrogen-bond donors (Lipinski definition) is 0. The average molecular weight is 402 g/mol. The van der Waals surface area contributed by atoms with Gasteiger partial charge in [-0.05, 0) is 42.0 Å². The molecule has 0 fully saturated rings. The van der Waals surface area contributed by atoms with E-state index in [1.54, 1.807) is 24.1 Å². The summed E-state index contributed by atoms with van der Waals surface area (Å²) in [5.74, 6) is 1.97. The van der Waals surface area contributed by atoms with Crippen LogP contribution in [0.2, 0.25) is 10.0 Å². The number of rotatable bonds is 5. The van der Waals surface area contributed by atoms with Crippen LogP contribution in [0.25, 0.3) is 17.3 Å². The molecule has 0 amide bonds. The number of nitrogens with zero attached hydrogens (tertiary/aromatic N) is 3. The van der Waals surface area contributed by atoms with Crippen LogP contribution in [-0.4, -0.2) is 14.8 Å². The SMILES string of the molecule is Clc1ccc(CSc2nnc(-c3ccco3)n2-c2ccccc2)c(Cl)c1. The molecule has 0 saturated carbocycles. The van der Waals surface area contributed by atoms with Crippen molar-refractivity contribution in [2.24, 2.45) is 0 Å². The predicted molar refractivity (Wildman–Crippen MR) is 105 cm³/mol. The van der Waals surface area contributed by atoms with Crippen LogP contribution in [0, 0.1) is 0 Å². The summed E-state index contributed by atoms with van der Waals surface area (Å²) in [4.78, 5) is 0. The first-order valence-electron chi connectivity index (χ1n) is 7.84. The maximum absolute atomic E-state index is 6.28. The summed E-state index contributed by atoms with van der Waals surface area (Å²) in [5, 5.41) is 10.7. The zero-order valence-electron chi connectivity index (χ0n) is 13.5. The van der Waals surface area contributed by atoms with E-state index in [2.05, 4.69) is 10.2 Å². The van der Waals surface area contributed by atoms with E-state index in [0.29, 0.717) is 27.4 Å². The third-order valence-corrected chi connectivity index (χ3v) is 5.33. The molecule has 0 aliphatic heterocycles. The highest BCUT2D eigenvalue weighted by Crippen LogP contribution is 2.32. The minimum absolute atomic E-state index is 0.622. The van der Waals surface area contributed by atoms with Gasteiger partial charge in [0.25, 0.3) is 0 Å². The summed E-state index contributed by atoms with van der Waals surface area (Å²) in [6.07, 6.45) is 1.62. The van der Waals surface area contributed by atoms with Crippen LogP contribution < -0.4 is 0 Å². The van der Waals surface area contributed by atoms with E-state index in [-0.39, 0.29) is 0 Å². The zero-order valence-corrected chi connectivity index (χ0v) is 15.8. The third kappa shape index (κ3) is 3.51. The summed E-state index contributed by atoms with van der Waals surface area (Å²) in [6.45, 7) is 0. The fourth-order valence-electron chi connectivity index (χ4n) is 2.52. The molecule has 4 nitrogen and oxygen atoms in total. The summed E-state index contributed by atoms with van der Waals surface area (Å²) >= 11 is 13.8. The number of thioether (sulfide) groups is 1. The number of benzene rings is 2. The van der Waals surface area contributed by atoms with Crippen molar-refractivity contribution >= 4 is 35.0 Å². The summed E-state index contributed by atoms with van der Waals surface area (Å²) in [6, 6.07) is 19.2. The molecule has 2 heterocycles. The van der Waals surface area contributed by atoms with Crippen molar-refractivity contribution in [1.29, 1.82) is 0 Å². The quantitative estimate of drug-likeness (QED) is 0.377. The lowest BCUT2D eigenvalue weighted by atomic mass is 10.2. The van der Waals surface area contributed by atoms with Gasteiger partial charge in [-0.15, -0.1) is 10.2 Å². The van der Waals surface area contributed by atoms with Crippen LogP contribution >= 0.6 is 35.0 Å². The lowest BCUT2D eigenvalue weighted by molar-refractivity contribution is 0.575. The second-order valence-corrected chi connectivity index (χ2v) is 7.26. The van der Waals surface area contributed by atoms with Gasteiger partial charge in [0.2, 0.25) is 5.82 Å². The van der Waals surface area contributed by atoms with E-state index >= 15 is 0 Å². The largest absolute Gasteiger partial charge is 0.461 e.